The molecule has 0 heterocycles. The Morgan fingerprint density at radius 2 is 0.400 bits per heavy atom. The standard InChI is InChI=1S/Ge.4H2O/h;4*1H2. The van der Waals surface area contributed by atoms with Gasteiger partial charge >= 0.3 is 0 Å². The summed E-state index contributed by atoms with van der Waals surface area (Å²) in [7, 11) is 0. The van der Waals surface area contributed by atoms with E-state index in [0.717, 1.165) is 0 Å². The van der Waals surface area contributed by atoms with Gasteiger partial charge in [-0.3, -0.25) is 0 Å². The van der Waals surface area contributed by atoms with Gasteiger partial charge in [-0.2, -0.15) is 0 Å². The van der Waals surface area contributed by atoms with Crippen LogP contribution in [0.4, 0.5) is 0 Å². The average molecular weight is 145 g/mol. The Labute approximate surface area is 40.4 Å². The molecule has 0 aliphatic rings. The van der Waals surface area contributed by atoms with Gasteiger partial charge in [-0.25, -0.2) is 0 Å². The fourth-order valence-corrected chi connectivity index (χ4v) is 0. The molecule has 0 saturated carbocycles. The molecule has 0 saturated heterocycles. The van der Waals surface area contributed by atoms with E-state index in [9.17, 15) is 0 Å². The molecular weight excluding hydrogens is 137 g/mol. The second kappa shape index (κ2) is 342. The molecule has 0 aliphatic carbocycles. The first kappa shape index (κ1) is 705. The molecule has 4 nitrogen and oxygen atoms in total. The molecule has 0 aliphatic heterocycles. The molecule has 0 bridgehead atoms. The normalized spacial score (nSPS) is 0. The molecule has 36 valence electrons. The van der Waals surface area contributed by atoms with Crippen LogP contribution in [0.15, 0.2) is 0 Å². The maximum absolute atomic E-state index is 0. The van der Waals surface area contributed by atoms with Crippen LogP contribution in [0.5, 0.6) is 0 Å². The zero-order chi connectivity index (χ0) is 0. The molecule has 0 spiro atoms. The number of rotatable bonds is 0. The summed E-state index contributed by atoms with van der Waals surface area (Å²) in [5.41, 5.74) is 0. The van der Waals surface area contributed by atoms with E-state index >= 15 is 0 Å². The summed E-state index contributed by atoms with van der Waals surface area (Å²) in [5, 5.41) is 0. The van der Waals surface area contributed by atoms with Gasteiger partial charge in [0.05, 0.1) is 0 Å². The minimum Gasteiger partial charge on any atom is -0.412 e. The van der Waals surface area contributed by atoms with Gasteiger partial charge in [0.2, 0.25) is 0 Å². The minimum atomic E-state index is 0. The summed E-state index contributed by atoms with van der Waals surface area (Å²) >= 11 is 0. The summed E-state index contributed by atoms with van der Waals surface area (Å²) in [4.78, 5) is 0. The molecule has 8 N–H and O–H groups in total. The van der Waals surface area contributed by atoms with Crippen molar-refractivity contribution in [2.24, 2.45) is 0 Å². The van der Waals surface area contributed by atoms with Gasteiger partial charge in [-0.15, -0.1) is 0 Å². The van der Waals surface area contributed by atoms with E-state index in [4.69, 9.17) is 0 Å². The van der Waals surface area contributed by atoms with Crippen LogP contribution in [-0.2, 0) is 0 Å². The Balaban J connectivity index is 0. The van der Waals surface area contributed by atoms with E-state index in [1.807, 2.05) is 0 Å². The first-order chi connectivity index (χ1) is 0. The molecule has 0 aromatic carbocycles. The molecule has 0 amide bonds. The average Bonchev–Trinajstić information content (AvgIpc) is 0. The van der Waals surface area contributed by atoms with Crippen molar-refractivity contribution in [1.29, 1.82) is 0 Å². The van der Waals surface area contributed by atoms with Crippen LogP contribution < -0.4 is 0 Å². The second-order valence-electron chi connectivity index (χ2n) is 0. The smallest absolute Gasteiger partial charge is 0 e. The monoisotopic (exact) mass is 146 g/mol. The zero-order valence-electron chi connectivity index (χ0n) is 2.50. The zero-order valence-corrected chi connectivity index (χ0v) is 4.60. The molecule has 0 aromatic heterocycles. The number of hydrogen-bond donors (Lipinski definition) is 0. The molecule has 5 heteroatoms. The van der Waals surface area contributed by atoms with Crippen LogP contribution in [0, 0.1) is 0 Å². The quantitative estimate of drug-likeness (QED) is 0.311. The van der Waals surface area contributed by atoms with Gasteiger partial charge in [0.1, 0.15) is 0 Å². The third-order valence-electron chi connectivity index (χ3n) is 0. The number of hydrogen-bond acceptors (Lipinski definition) is 0. The largest absolute Gasteiger partial charge is 0.412 e. The van der Waals surface area contributed by atoms with E-state index in [1.165, 1.54) is 0 Å². The van der Waals surface area contributed by atoms with Crippen LogP contribution in [0.2, 0.25) is 0 Å². The van der Waals surface area contributed by atoms with Gasteiger partial charge < -0.3 is 21.9 Å². The van der Waals surface area contributed by atoms with Crippen LogP contribution in [0.25, 0.3) is 0 Å². The van der Waals surface area contributed by atoms with Gasteiger partial charge in [0.15, 0.2) is 0 Å². The van der Waals surface area contributed by atoms with Crippen molar-refractivity contribution < 1.29 is 21.9 Å². The topological polar surface area (TPSA) is 126 Å². The summed E-state index contributed by atoms with van der Waals surface area (Å²) in [6.45, 7) is 0. The first-order valence-corrected chi connectivity index (χ1v) is 0. The predicted octanol–water partition coefficient (Wildman–Crippen LogP) is -3.68. The van der Waals surface area contributed by atoms with Crippen LogP contribution in [0.3, 0.4) is 0 Å². The van der Waals surface area contributed by atoms with Gasteiger partial charge in [-0.05, 0) is 0 Å². The first-order valence-electron chi connectivity index (χ1n) is 0. The predicted molar refractivity (Wildman–Crippen MR) is 20.2 cm³/mol. The van der Waals surface area contributed by atoms with Crippen molar-refractivity contribution in [3.05, 3.63) is 0 Å². The Morgan fingerprint density at radius 1 is 0.400 bits per heavy atom. The summed E-state index contributed by atoms with van der Waals surface area (Å²) in [5.74, 6) is 0. The fraction of sp³-hybridized carbons (Fsp3) is 0. The van der Waals surface area contributed by atoms with Crippen molar-refractivity contribution in [1.82, 2.24) is 0 Å². The summed E-state index contributed by atoms with van der Waals surface area (Å²) < 4.78 is 0. The van der Waals surface area contributed by atoms with Crippen molar-refractivity contribution >= 4 is 17.6 Å². The van der Waals surface area contributed by atoms with Crippen molar-refractivity contribution in [2.45, 2.75) is 0 Å². The molecule has 0 rings (SSSR count). The molecule has 4 radical (unpaired) electrons. The summed E-state index contributed by atoms with van der Waals surface area (Å²) in [6, 6.07) is 0. The van der Waals surface area contributed by atoms with E-state index in [0.29, 0.717) is 0 Å². The van der Waals surface area contributed by atoms with E-state index in [2.05, 4.69) is 0 Å². The van der Waals surface area contributed by atoms with Crippen molar-refractivity contribution in [2.75, 3.05) is 0 Å². The van der Waals surface area contributed by atoms with Crippen molar-refractivity contribution in [3.63, 3.8) is 0 Å². The SMILES string of the molecule is O.O.O.O.[Ge]. The second-order valence-corrected chi connectivity index (χ2v) is 0. The molecule has 5 heavy (non-hydrogen) atoms. The van der Waals surface area contributed by atoms with Gasteiger partial charge in [0.25, 0.3) is 0 Å². The van der Waals surface area contributed by atoms with E-state index in [1.54, 1.807) is 0 Å². The Kier molecular flexibility index (Phi) is 48300. The van der Waals surface area contributed by atoms with Gasteiger partial charge in [0, 0.05) is 17.6 Å². The molecule has 0 unspecified atom stereocenters. The third kappa shape index (κ3) is 170. The molecule has 0 fully saturated rings. The Morgan fingerprint density at radius 3 is 0.400 bits per heavy atom. The van der Waals surface area contributed by atoms with Gasteiger partial charge in [-0.1, -0.05) is 0 Å². The van der Waals surface area contributed by atoms with Crippen molar-refractivity contribution in [3.8, 4) is 0 Å². The molecule has 0 aromatic rings. The minimum absolute atomic E-state index is 0. The third-order valence-corrected chi connectivity index (χ3v) is 0. The Bertz CT molecular complexity index is 3.61. The Hall–Kier alpha value is 0.383. The van der Waals surface area contributed by atoms with E-state index < -0.39 is 0 Å². The van der Waals surface area contributed by atoms with Crippen LogP contribution >= 0.6 is 0 Å². The maximum Gasteiger partial charge on any atom is 0 e. The van der Waals surface area contributed by atoms with Crippen LogP contribution in [0.1, 0.15) is 0 Å². The molecule has 0 atom stereocenters. The van der Waals surface area contributed by atoms with Crippen LogP contribution in [-0.4, -0.2) is 39.5 Å². The fourth-order valence-electron chi connectivity index (χ4n) is 0. The van der Waals surface area contributed by atoms with E-state index in [-0.39, 0.29) is 39.5 Å². The summed E-state index contributed by atoms with van der Waals surface area (Å²) in [6.07, 6.45) is 0. The molecular formula is H8GeO4. The maximum atomic E-state index is 0.